The average Bonchev–Trinajstić information content (AvgIpc) is 2.96. The summed E-state index contributed by atoms with van der Waals surface area (Å²) in [7, 11) is 0. The van der Waals surface area contributed by atoms with Gasteiger partial charge in [0.05, 0.1) is 11.3 Å². The Balaban J connectivity index is 1.78. The van der Waals surface area contributed by atoms with Gasteiger partial charge in [-0.25, -0.2) is 4.98 Å². The molecule has 22 heavy (non-hydrogen) atoms. The number of carbonyl (C=O) groups excluding carboxylic acids is 1. The fraction of sp³-hybridized carbons (Fsp3) is 0.125. The van der Waals surface area contributed by atoms with E-state index in [-0.39, 0.29) is 5.91 Å². The Hall–Kier alpha value is -2.60. The Kier molecular flexibility index (Phi) is 3.93. The van der Waals surface area contributed by atoms with Gasteiger partial charge in [-0.3, -0.25) is 20.1 Å². The Morgan fingerprint density at radius 1 is 1.18 bits per heavy atom. The molecule has 110 valence electrons. The maximum Gasteiger partial charge on any atom is 0.259 e. The normalized spacial score (nSPS) is 10.5. The van der Waals surface area contributed by atoms with Crippen molar-refractivity contribution < 1.29 is 4.79 Å². The lowest BCUT2D eigenvalue weighted by molar-refractivity contribution is 0.102. The number of thiazole rings is 1. The number of amides is 1. The Bertz CT molecular complexity index is 811. The summed E-state index contributed by atoms with van der Waals surface area (Å²) in [6.45, 7) is 3.82. The molecule has 1 N–H and O–H groups in total. The van der Waals surface area contributed by atoms with Crippen LogP contribution in [0.2, 0.25) is 0 Å². The lowest BCUT2D eigenvalue weighted by atomic mass is 10.1. The fourth-order valence-corrected chi connectivity index (χ4v) is 2.69. The van der Waals surface area contributed by atoms with Crippen molar-refractivity contribution in [1.82, 2.24) is 15.0 Å². The number of carbonyl (C=O) groups is 1. The average molecular weight is 310 g/mol. The van der Waals surface area contributed by atoms with Crippen molar-refractivity contribution in [3.05, 3.63) is 59.0 Å². The van der Waals surface area contributed by atoms with E-state index in [4.69, 9.17) is 0 Å². The number of hydrogen-bond donors (Lipinski definition) is 1. The van der Waals surface area contributed by atoms with Crippen LogP contribution in [0.15, 0.2) is 42.0 Å². The summed E-state index contributed by atoms with van der Waals surface area (Å²) in [6.07, 6.45) is 3.31. The molecular formula is C16H14N4OS. The molecule has 0 atom stereocenters. The molecule has 3 rings (SSSR count). The molecule has 0 bridgehead atoms. The highest BCUT2D eigenvalue weighted by molar-refractivity contribution is 7.14. The Morgan fingerprint density at radius 2 is 2.05 bits per heavy atom. The number of aryl methyl sites for hydroxylation is 2. The lowest BCUT2D eigenvalue weighted by Crippen LogP contribution is -2.12. The van der Waals surface area contributed by atoms with Crippen molar-refractivity contribution in [2.24, 2.45) is 0 Å². The summed E-state index contributed by atoms with van der Waals surface area (Å²) in [5.74, 6) is -0.212. The summed E-state index contributed by atoms with van der Waals surface area (Å²) in [5, 5.41) is 5.26. The topological polar surface area (TPSA) is 67.8 Å². The van der Waals surface area contributed by atoms with Gasteiger partial charge >= 0.3 is 0 Å². The molecule has 0 fully saturated rings. The second-order valence-electron chi connectivity index (χ2n) is 4.82. The zero-order valence-corrected chi connectivity index (χ0v) is 13.0. The number of nitrogens with one attached hydrogen (secondary N) is 1. The number of rotatable bonds is 3. The zero-order chi connectivity index (χ0) is 15.5. The summed E-state index contributed by atoms with van der Waals surface area (Å²) in [5.41, 5.74) is 4.08. The molecular weight excluding hydrogens is 296 g/mol. The minimum atomic E-state index is -0.212. The number of aromatic nitrogens is 3. The molecule has 5 nitrogen and oxygen atoms in total. The van der Waals surface area contributed by atoms with Gasteiger partial charge in [-0.15, -0.1) is 11.3 Å². The van der Waals surface area contributed by atoms with Crippen LogP contribution in [0.5, 0.6) is 0 Å². The first-order chi connectivity index (χ1) is 10.6. The predicted octanol–water partition coefficient (Wildman–Crippen LogP) is 3.47. The first-order valence-corrected chi connectivity index (χ1v) is 7.63. The third kappa shape index (κ3) is 3.01. The van der Waals surface area contributed by atoms with Crippen molar-refractivity contribution in [3.63, 3.8) is 0 Å². The standard InChI is InChI=1S/C16H14N4OS/c1-10-5-6-12(8-18-10)15(21)20-16-19-14(9-22-16)13-4-3-7-17-11(13)2/h3-9H,1-2H3,(H,19,20,21). The van der Waals surface area contributed by atoms with E-state index in [1.807, 2.05) is 31.4 Å². The van der Waals surface area contributed by atoms with Crippen LogP contribution in [0.3, 0.4) is 0 Å². The van der Waals surface area contributed by atoms with Crippen LogP contribution in [-0.4, -0.2) is 20.9 Å². The van der Waals surface area contributed by atoms with Crippen molar-refractivity contribution in [1.29, 1.82) is 0 Å². The van der Waals surface area contributed by atoms with E-state index in [0.29, 0.717) is 10.7 Å². The zero-order valence-electron chi connectivity index (χ0n) is 12.2. The van der Waals surface area contributed by atoms with Gasteiger partial charge in [0.25, 0.3) is 5.91 Å². The molecule has 0 radical (unpaired) electrons. The molecule has 6 heteroatoms. The van der Waals surface area contributed by atoms with E-state index in [9.17, 15) is 4.79 Å². The molecule has 0 aliphatic rings. The SMILES string of the molecule is Cc1ccc(C(=O)Nc2nc(-c3cccnc3C)cs2)cn1. The molecule has 1 amide bonds. The minimum Gasteiger partial charge on any atom is -0.298 e. The second kappa shape index (κ2) is 6.03. The lowest BCUT2D eigenvalue weighted by Gasteiger charge is -2.02. The highest BCUT2D eigenvalue weighted by Gasteiger charge is 2.11. The van der Waals surface area contributed by atoms with Gasteiger partial charge in [0.15, 0.2) is 5.13 Å². The van der Waals surface area contributed by atoms with E-state index < -0.39 is 0 Å². The van der Waals surface area contributed by atoms with E-state index >= 15 is 0 Å². The highest BCUT2D eigenvalue weighted by Crippen LogP contribution is 2.26. The van der Waals surface area contributed by atoms with Gasteiger partial charge in [-0.05, 0) is 38.1 Å². The van der Waals surface area contributed by atoms with E-state index in [0.717, 1.165) is 22.6 Å². The number of nitrogens with zero attached hydrogens (tertiary/aromatic N) is 3. The molecule has 3 aromatic rings. The number of anilines is 1. The second-order valence-corrected chi connectivity index (χ2v) is 5.67. The summed E-state index contributed by atoms with van der Waals surface area (Å²) >= 11 is 1.39. The Labute approximate surface area is 132 Å². The Morgan fingerprint density at radius 3 is 2.77 bits per heavy atom. The van der Waals surface area contributed by atoms with Crippen molar-refractivity contribution in [2.75, 3.05) is 5.32 Å². The molecule has 0 saturated carbocycles. The summed E-state index contributed by atoms with van der Waals surface area (Å²) in [6, 6.07) is 7.39. The van der Waals surface area contributed by atoms with Crippen LogP contribution in [0.25, 0.3) is 11.3 Å². The van der Waals surface area contributed by atoms with Gasteiger partial charge in [-0.2, -0.15) is 0 Å². The molecule has 0 spiro atoms. The summed E-state index contributed by atoms with van der Waals surface area (Å²) in [4.78, 5) is 25.0. The summed E-state index contributed by atoms with van der Waals surface area (Å²) < 4.78 is 0. The smallest absolute Gasteiger partial charge is 0.259 e. The quantitative estimate of drug-likeness (QED) is 0.804. The van der Waals surface area contributed by atoms with E-state index in [2.05, 4.69) is 20.3 Å². The van der Waals surface area contributed by atoms with E-state index in [1.54, 1.807) is 24.5 Å². The third-order valence-electron chi connectivity index (χ3n) is 3.18. The first kappa shape index (κ1) is 14.3. The van der Waals surface area contributed by atoms with Crippen LogP contribution < -0.4 is 5.32 Å². The molecule has 0 saturated heterocycles. The molecule has 3 aromatic heterocycles. The van der Waals surface area contributed by atoms with Gasteiger partial charge in [0, 0.05) is 34.7 Å². The minimum absolute atomic E-state index is 0.212. The molecule has 0 unspecified atom stereocenters. The van der Waals surface area contributed by atoms with E-state index in [1.165, 1.54) is 11.3 Å². The molecule has 3 heterocycles. The van der Waals surface area contributed by atoms with Crippen molar-refractivity contribution in [3.8, 4) is 11.3 Å². The van der Waals surface area contributed by atoms with Crippen molar-refractivity contribution >= 4 is 22.4 Å². The van der Waals surface area contributed by atoms with Gasteiger partial charge in [0.2, 0.25) is 0 Å². The van der Waals surface area contributed by atoms with Crippen LogP contribution in [-0.2, 0) is 0 Å². The molecule has 0 aliphatic heterocycles. The maximum atomic E-state index is 12.1. The first-order valence-electron chi connectivity index (χ1n) is 6.75. The van der Waals surface area contributed by atoms with Gasteiger partial charge in [0.1, 0.15) is 0 Å². The molecule has 0 aromatic carbocycles. The highest BCUT2D eigenvalue weighted by atomic mass is 32.1. The van der Waals surface area contributed by atoms with Crippen LogP contribution in [0, 0.1) is 13.8 Å². The largest absolute Gasteiger partial charge is 0.298 e. The van der Waals surface area contributed by atoms with Gasteiger partial charge in [-0.1, -0.05) is 0 Å². The number of hydrogen-bond acceptors (Lipinski definition) is 5. The van der Waals surface area contributed by atoms with Crippen LogP contribution >= 0.6 is 11.3 Å². The van der Waals surface area contributed by atoms with Gasteiger partial charge < -0.3 is 0 Å². The van der Waals surface area contributed by atoms with Crippen molar-refractivity contribution in [2.45, 2.75) is 13.8 Å². The number of pyridine rings is 2. The third-order valence-corrected chi connectivity index (χ3v) is 3.94. The van der Waals surface area contributed by atoms with Crippen LogP contribution in [0.4, 0.5) is 5.13 Å². The maximum absolute atomic E-state index is 12.1. The fourth-order valence-electron chi connectivity index (χ4n) is 1.98. The predicted molar refractivity (Wildman–Crippen MR) is 87.0 cm³/mol. The van der Waals surface area contributed by atoms with Crippen LogP contribution in [0.1, 0.15) is 21.7 Å². The molecule has 0 aliphatic carbocycles. The monoisotopic (exact) mass is 310 g/mol.